The maximum Gasteiger partial charge on any atom is 0.126 e. The van der Waals surface area contributed by atoms with Crippen LogP contribution in [0.4, 0.5) is 0 Å². The first-order chi connectivity index (χ1) is 8.00. The van der Waals surface area contributed by atoms with E-state index in [0.29, 0.717) is 5.92 Å². The van der Waals surface area contributed by atoms with Crippen LogP contribution in [0.15, 0.2) is 18.2 Å². The maximum atomic E-state index is 9.81. The van der Waals surface area contributed by atoms with Crippen molar-refractivity contribution in [2.45, 2.75) is 32.3 Å². The van der Waals surface area contributed by atoms with Crippen molar-refractivity contribution in [3.8, 4) is 11.5 Å². The number of benzene rings is 1. The van der Waals surface area contributed by atoms with Gasteiger partial charge in [0.05, 0.1) is 20.3 Å². The predicted molar refractivity (Wildman–Crippen MR) is 66.7 cm³/mol. The molecule has 17 heavy (non-hydrogen) atoms. The van der Waals surface area contributed by atoms with E-state index in [4.69, 9.17) is 9.47 Å². The maximum absolute atomic E-state index is 9.81. The van der Waals surface area contributed by atoms with Crippen LogP contribution in [0, 0.1) is 5.41 Å². The van der Waals surface area contributed by atoms with Crippen molar-refractivity contribution in [1.82, 2.24) is 0 Å². The molecule has 1 aromatic carbocycles. The SMILES string of the molecule is COc1ccc(C2CC(O)C2(C)C)c(OC)c1. The molecule has 2 rings (SSSR count). The van der Waals surface area contributed by atoms with E-state index < -0.39 is 0 Å². The van der Waals surface area contributed by atoms with Gasteiger partial charge in [-0.2, -0.15) is 0 Å². The van der Waals surface area contributed by atoms with Gasteiger partial charge in [0.2, 0.25) is 0 Å². The summed E-state index contributed by atoms with van der Waals surface area (Å²) in [4.78, 5) is 0. The summed E-state index contributed by atoms with van der Waals surface area (Å²) in [6, 6.07) is 5.88. The summed E-state index contributed by atoms with van der Waals surface area (Å²) >= 11 is 0. The summed E-state index contributed by atoms with van der Waals surface area (Å²) in [7, 11) is 3.31. The lowest BCUT2D eigenvalue weighted by Gasteiger charge is -2.49. The van der Waals surface area contributed by atoms with Crippen LogP contribution in [0.2, 0.25) is 0 Å². The van der Waals surface area contributed by atoms with Gasteiger partial charge in [0.25, 0.3) is 0 Å². The number of hydrogen-bond donors (Lipinski definition) is 1. The van der Waals surface area contributed by atoms with E-state index in [1.54, 1.807) is 14.2 Å². The predicted octanol–water partition coefficient (Wildman–Crippen LogP) is 2.58. The second-order valence-corrected chi connectivity index (χ2v) is 5.23. The first-order valence-corrected chi connectivity index (χ1v) is 5.90. The fourth-order valence-electron chi connectivity index (χ4n) is 2.54. The van der Waals surface area contributed by atoms with Gasteiger partial charge in [-0.3, -0.25) is 0 Å². The molecule has 1 fully saturated rings. The Balaban J connectivity index is 2.33. The van der Waals surface area contributed by atoms with E-state index in [0.717, 1.165) is 23.5 Å². The molecular formula is C14H20O3. The number of aliphatic hydroxyl groups excluding tert-OH is 1. The largest absolute Gasteiger partial charge is 0.497 e. The molecule has 94 valence electrons. The van der Waals surface area contributed by atoms with E-state index in [2.05, 4.69) is 13.8 Å². The van der Waals surface area contributed by atoms with Gasteiger partial charge < -0.3 is 14.6 Å². The van der Waals surface area contributed by atoms with Crippen LogP contribution in [0.5, 0.6) is 11.5 Å². The molecule has 1 aliphatic carbocycles. The molecule has 0 bridgehead atoms. The summed E-state index contributed by atoms with van der Waals surface area (Å²) in [5.74, 6) is 1.98. The summed E-state index contributed by atoms with van der Waals surface area (Å²) < 4.78 is 10.6. The molecule has 0 saturated heterocycles. The smallest absolute Gasteiger partial charge is 0.126 e. The lowest BCUT2D eigenvalue weighted by atomic mass is 9.57. The molecule has 0 aliphatic heterocycles. The zero-order valence-corrected chi connectivity index (χ0v) is 10.9. The Morgan fingerprint density at radius 3 is 2.41 bits per heavy atom. The van der Waals surface area contributed by atoms with E-state index in [1.807, 2.05) is 18.2 Å². The number of hydrogen-bond acceptors (Lipinski definition) is 3. The lowest BCUT2D eigenvalue weighted by molar-refractivity contribution is -0.0631. The molecule has 0 radical (unpaired) electrons. The van der Waals surface area contributed by atoms with Crippen LogP contribution in [0.25, 0.3) is 0 Å². The van der Waals surface area contributed by atoms with E-state index in [-0.39, 0.29) is 11.5 Å². The van der Waals surface area contributed by atoms with Gasteiger partial charge in [0.1, 0.15) is 11.5 Å². The van der Waals surface area contributed by atoms with Crippen LogP contribution in [-0.2, 0) is 0 Å². The first-order valence-electron chi connectivity index (χ1n) is 5.90. The number of rotatable bonds is 3. The van der Waals surface area contributed by atoms with E-state index in [9.17, 15) is 5.11 Å². The van der Waals surface area contributed by atoms with Gasteiger partial charge in [0.15, 0.2) is 0 Å². The number of aliphatic hydroxyl groups is 1. The van der Waals surface area contributed by atoms with Crippen LogP contribution in [0.1, 0.15) is 31.7 Å². The molecule has 2 atom stereocenters. The van der Waals surface area contributed by atoms with Crippen molar-refractivity contribution in [1.29, 1.82) is 0 Å². The van der Waals surface area contributed by atoms with Gasteiger partial charge >= 0.3 is 0 Å². The van der Waals surface area contributed by atoms with E-state index >= 15 is 0 Å². The van der Waals surface area contributed by atoms with Crippen molar-refractivity contribution in [3.63, 3.8) is 0 Å². The standard InChI is InChI=1S/C14H20O3/c1-14(2)11(8-13(14)15)10-6-5-9(16-3)7-12(10)17-4/h5-7,11,13,15H,8H2,1-4H3. The Labute approximate surface area is 102 Å². The van der Waals surface area contributed by atoms with Crippen molar-refractivity contribution < 1.29 is 14.6 Å². The highest BCUT2D eigenvalue weighted by Gasteiger charge is 2.48. The van der Waals surface area contributed by atoms with Gasteiger partial charge in [-0.05, 0) is 29.4 Å². The molecular weight excluding hydrogens is 216 g/mol. The third-order valence-corrected chi connectivity index (χ3v) is 4.03. The van der Waals surface area contributed by atoms with Gasteiger partial charge in [0, 0.05) is 6.07 Å². The zero-order chi connectivity index (χ0) is 12.6. The molecule has 3 heteroatoms. The minimum absolute atomic E-state index is 0.0815. The Morgan fingerprint density at radius 1 is 1.24 bits per heavy atom. The Morgan fingerprint density at radius 2 is 1.94 bits per heavy atom. The molecule has 0 spiro atoms. The lowest BCUT2D eigenvalue weighted by Crippen LogP contribution is -2.47. The fraction of sp³-hybridized carbons (Fsp3) is 0.571. The van der Waals surface area contributed by atoms with Crippen molar-refractivity contribution in [2.24, 2.45) is 5.41 Å². The minimum Gasteiger partial charge on any atom is -0.497 e. The summed E-state index contributed by atoms with van der Waals surface area (Å²) in [6.07, 6.45) is 0.578. The molecule has 0 heterocycles. The van der Waals surface area contributed by atoms with Crippen molar-refractivity contribution in [2.75, 3.05) is 14.2 Å². The number of ether oxygens (including phenoxy) is 2. The molecule has 1 saturated carbocycles. The van der Waals surface area contributed by atoms with Crippen LogP contribution in [0.3, 0.4) is 0 Å². The Bertz CT molecular complexity index is 412. The Hall–Kier alpha value is -1.22. The Kier molecular flexibility index (Phi) is 3.04. The highest BCUT2D eigenvalue weighted by atomic mass is 16.5. The van der Waals surface area contributed by atoms with Crippen molar-refractivity contribution in [3.05, 3.63) is 23.8 Å². The molecule has 0 amide bonds. The van der Waals surface area contributed by atoms with Crippen molar-refractivity contribution >= 4 is 0 Å². The second kappa shape index (κ2) is 4.22. The third-order valence-electron chi connectivity index (χ3n) is 4.03. The highest BCUT2D eigenvalue weighted by Crippen LogP contribution is 2.54. The molecule has 2 unspecified atom stereocenters. The molecule has 3 nitrogen and oxygen atoms in total. The normalized spacial score (nSPS) is 26.2. The first kappa shape index (κ1) is 12.2. The average molecular weight is 236 g/mol. The zero-order valence-electron chi connectivity index (χ0n) is 10.9. The van der Waals surface area contributed by atoms with Gasteiger partial charge in [-0.25, -0.2) is 0 Å². The second-order valence-electron chi connectivity index (χ2n) is 5.23. The van der Waals surface area contributed by atoms with Gasteiger partial charge in [-0.15, -0.1) is 0 Å². The van der Waals surface area contributed by atoms with Crippen LogP contribution >= 0.6 is 0 Å². The van der Waals surface area contributed by atoms with Crippen LogP contribution < -0.4 is 9.47 Å². The molecule has 0 aromatic heterocycles. The van der Waals surface area contributed by atoms with Gasteiger partial charge in [-0.1, -0.05) is 19.9 Å². The fourth-order valence-corrected chi connectivity index (χ4v) is 2.54. The minimum atomic E-state index is -0.223. The summed E-state index contributed by atoms with van der Waals surface area (Å²) in [6.45, 7) is 4.19. The molecule has 1 N–H and O–H groups in total. The van der Waals surface area contributed by atoms with Crippen LogP contribution in [-0.4, -0.2) is 25.4 Å². The average Bonchev–Trinajstić information content (AvgIpc) is 2.35. The quantitative estimate of drug-likeness (QED) is 0.876. The third kappa shape index (κ3) is 1.89. The highest BCUT2D eigenvalue weighted by molar-refractivity contribution is 5.44. The topological polar surface area (TPSA) is 38.7 Å². The molecule has 1 aliphatic rings. The summed E-state index contributed by atoms with van der Waals surface area (Å²) in [5.41, 5.74) is 1.07. The summed E-state index contributed by atoms with van der Waals surface area (Å²) in [5, 5.41) is 9.81. The van der Waals surface area contributed by atoms with E-state index in [1.165, 1.54) is 0 Å². The molecule has 1 aromatic rings. The number of methoxy groups -OCH3 is 2. The monoisotopic (exact) mass is 236 g/mol.